The van der Waals surface area contributed by atoms with Crippen LogP contribution in [0.15, 0.2) is 48.0 Å². The number of rotatable bonds is 11. The Morgan fingerprint density at radius 1 is 0.971 bits per heavy atom. The predicted molar refractivity (Wildman–Crippen MR) is 127 cm³/mol. The summed E-state index contributed by atoms with van der Waals surface area (Å²) in [5.41, 5.74) is 1.01. The number of likely N-dealkylation sites (tertiary alicyclic amines) is 1. The van der Waals surface area contributed by atoms with Crippen molar-refractivity contribution < 1.29 is 33.6 Å². The average molecular weight is 470 g/mol. The van der Waals surface area contributed by atoms with Gasteiger partial charge in [-0.25, -0.2) is 0 Å². The minimum atomic E-state index is -0.760. The Morgan fingerprint density at radius 2 is 1.65 bits per heavy atom. The molecule has 1 fully saturated rings. The van der Waals surface area contributed by atoms with Crippen molar-refractivity contribution in [2.24, 2.45) is 0 Å². The second-order valence-electron chi connectivity index (χ2n) is 7.64. The van der Waals surface area contributed by atoms with Gasteiger partial charge in [-0.3, -0.25) is 9.59 Å². The standard InChI is InChI=1S/C26H31NO7/c1-5-33-19-12-13-20(21(16-19)34-6-2)24(28)22-23(17-8-10-18(32-4)11-9-17)27(14-7-15-31-3)26(30)25(22)29/h8-13,16,23,28H,5-7,14-15H2,1-4H3/b24-22-. The van der Waals surface area contributed by atoms with E-state index in [1.54, 1.807) is 56.7 Å². The van der Waals surface area contributed by atoms with Gasteiger partial charge in [-0.05, 0) is 50.1 Å². The van der Waals surface area contributed by atoms with Crippen LogP contribution >= 0.6 is 0 Å². The first-order valence-electron chi connectivity index (χ1n) is 11.3. The molecule has 34 heavy (non-hydrogen) atoms. The zero-order valence-corrected chi connectivity index (χ0v) is 20.0. The molecule has 0 bridgehead atoms. The molecule has 3 rings (SSSR count). The third-order valence-electron chi connectivity index (χ3n) is 5.54. The lowest BCUT2D eigenvalue weighted by Gasteiger charge is -2.25. The molecule has 2 aromatic rings. The van der Waals surface area contributed by atoms with Gasteiger partial charge in [-0.1, -0.05) is 12.1 Å². The van der Waals surface area contributed by atoms with Crippen LogP contribution in [0.2, 0.25) is 0 Å². The first-order chi connectivity index (χ1) is 16.5. The molecule has 1 unspecified atom stereocenters. The topological polar surface area (TPSA) is 94.5 Å². The maximum Gasteiger partial charge on any atom is 0.295 e. The smallest absolute Gasteiger partial charge is 0.295 e. The number of aliphatic hydroxyl groups is 1. The Balaban J connectivity index is 2.15. The normalized spacial score (nSPS) is 17.2. The zero-order valence-electron chi connectivity index (χ0n) is 20.0. The highest BCUT2D eigenvalue weighted by Crippen LogP contribution is 2.42. The monoisotopic (exact) mass is 469 g/mol. The number of carbonyl (C=O) groups is 2. The Hall–Kier alpha value is -3.52. The van der Waals surface area contributed by atoms with Gasteiger partial charge in [-0.2, -0.15) is 0 Å². The molecule has 1 aliphatic heterocycles. The first-order valence-corrected chi connectivity index (χ1v) is 11.3. The first kappa shape index (κ1) is 25.1. The van der Waals surface area contributed by atoms with E-state index in [4.69, 9.17) is 18.9 Å². The number of ether oxygens (including phenoxy) is 4. The molecule has 1 saturated heterocycles. The number of hydrogen-bond acceptors (Lipinski definition) is 7. The van der Waals surface area contributed by atoms with E-state index in [1.807, 2.05) is 13.8 Å². The van der Waals surface area contributed by atoms with Crippen LogP contribution in [0, 0.1) is 0 Å². The Kier molecular flexibility index (Phi) is 8.54. The highest BCUT2D eigenvalue weighted by Gasteiger charge is 2.46. The van der Waals surface area contributed by atoms with Crippen molar-refractivity contribution in [2.45, 2.75) is 26.3 Å². The van der Waals surface area contributed by atoms with Crippen LogP contribution in [-0.2, 0) is 14.3 Å². The fourth-order valence-corrected chi connectivity index (χ4v) is 4.00. The lowest BCUT2D eigenvalue weighted by molar-refractivity contribution is -0.140. The van der Waals surface area contributed by atoms with E-state index in [2.05, 4.69) is 0 Å². The van der Waals surface area contributed by atoms with E-state index >= 15 is 0 Å². The largest absolute Gasteiger partial charge is 0.507 e. The van der Waals surface area contributed by atoms with Crippen molar-refractivity contribution in [2.75, 3.05) is 40.6 Å². The lowest BCUT2D eigenvalue weighted by Crippen LogP contribution is -2.31. The van der Waals surface area contributed by atoms with E-state index < -0.39 is 17.7 Å². The van der Waals surface area contributed by atoms with Gasteiger partial charge in [0, 0.05) is 26.3 Å². The van der Waals surface area contributed by atoms with Crippen LogP contribution in [0.25, 0.3) is 5.76 Å². The number of amides is 1. The van der Waals surface area contributed by atoms with Crippen LogP contribution in [-0.4, -0.2) is 62.3 Å². The quantitative estimate of drug-likeness (QED) is 0.230. The fraction of sp³-hybridized carbons (Fsp3) is 0.385. The molecule has 1 amide bonds. The SMILES string of the molecule is CCOc1ccc(/C(O)=C2/C(=O)C(=O)N(CCCOC)C2c2ccc(OC)cc2)c(OCC)c1. The third-order valence-corrected chi connectivity index (χ3v) is 5.54. The summed E-state index contributed by atoms with van der Waals surface area (Å²) in [6, 6.07) is 11.3. The van der Waals surface area contributed by atoms with Crippen molar-refractivity contribution in [3.05, 3.63) is 59.2 Å². The van der Waals surface area contributed by atoms with Crippen molar-refractivity contribution in [1.29, 1.82) is 0 Å². The summed E-state index contributed by atoms with van der Waals surface area (Å²) in [4.78, 5) is 27.7. The van der Waals surface area contributed by atoms with Gasteiger partial charge in [0.25, 0.3) is 11.7 Å². The van der Waals surface area contributed by atoms with Crippen molar-refractivity contribution >= 4 is 17.4 Å². The molecule has 0 spiro atoms. The molecular weight excluding hydrogens is 438 g/mol. The van der Waals surface area contributed by atoms with Gasteiger partial charge in [-0.15, -0.1) is 0 Å². The molecule has 8 nitrogen and oxygen atoms in total. The summed E-state index contributed by atoms with van der Waals surface area (Å²) < 4.78 is 21.6. The molecule has 0 aliphatic carbocycles. The van der Waals surface area contributed by atoms with Crippen LogP contribution in [0.5, 0.6) is 17.2 Å². The number of Topliss-reactive ketones (excluding diaryl/α,β-unsaturated/α-hetero) is 1. The van der Waals surface area contributed by atoms with Gasteiger partial charge in [0.2, 0.25) is 0 Å². The van der Waals surface area contributed by atoms with E-state index in [0.717, 1.165) is 0 Å². The van der Waals surface area contributed by atoms with Gasteiger partial charge < -0.3 is 29.0 Å². The summed E-state index contributed by atoms with van der Waals surface area (Å²) in [6.07, 6.45) is 0.545. The number of hydrogen-bond donors (Lipinski definition) is 1. The number of carbonyl (C=O) groups excluding carboxylic acids is 2. The number of methoxy groups -OCH3 is 2. The van der Waals surface area contributed by atoms with Gasteiger partial charge in [0.15, 0.2) is 0 Å². The van der Waals surface area contributed by atoms with Crippen molar-refractivity contribution in [1.82, 2.24) is 4.90 Å². The lowest BCUT2D eigenvalue weighted by atomic mass is 9.95. The van der Waals surface area contributed by atoms with Crippen molar-refractivity contribution in [3.63, 3.8) is 0 Å². The molecule has 0 saturated carbocycles. The van der Waals surface area contributed by atoms with Crippen LogP contribution in [0.3, 0.4) is 0 Å². The zero-order chi connectivity index (χ0) is 24.7. The number of nitrogens with zero attached hydrogens (tertiary/aromatic N) is 1. The minimum Gasteiger partial charge on any atom is -0.507 e. The summed E-state index contributed by atoms with van der Waals surface area (Å²) in [5, 5.41) is 11.4. The molecule has 1 aliphatic rings. The highest BCUT2D eigenvalue weighted by molar-refractivity contribution is 6.46. The molecule has 0 aromatic heterocycles. The summed E-state index contributed by atoms with van der Waals surface area (Å²) in [5.74, 6) is -0.112. The van der Waals surface area contributed by atoms with Crippen molar-refractivity contribution in [3.8, 4) is 17.2 Å². The second kappa shape index (κ2) is 11.6. The molecule has 1 heterocycles. The van der Waals surface area contributed by atoms with E-state index in [0.29, 0.717) is 61.2 Å². The molecule has 2 aromatic carbocycles. The average Bonchev–Trinajstić information content (AvgIpc) is 3.09. The summed E-state index contributed by atoms with van der Waals surface area (Å²) in [7, 11) is 3.14. The Labute approximate surface area is 199 Å². The fourth-order valence-electron chi connectivity index (χ4n) is 4.00. The molecular formula is C26H31NO7. The van der Waals surface area contributed by atoms with E-state index in [-0.39, 0.29) is 11.3 Å². The van der Waals surface area contributed by atoms with E-state index in [9.17, 15) is 14.7 Å². The number of aliphatic hydroxyl groups excluding tert-OH is 1. The van der Waals surface area contributed by atoms with Gasteiger partial charge >= 0.3 is 0 Å². The molecule has 1 N–H and O–H groups in total. The summed E-state index contributed by atoms with van der Waals surface area (Å²) in [6.45, 7) is 5.25. The van der Waals surface area contributed by atoms with E-state index in [1.165, 1.54) is 4.90 Å². The maximum atomic E-state index is 13.2. The molecule has 0 radical (unpaired) electrons. The Bertz CT molecular complexity index is 1050. The van der Waals surface area contributed by atoms with Crippen LogP contribution in [0.4, 0.5) is 0 Å². The van der Waals surface area contributed by atoms with Gasteiger partial charge in [0.05, 0.1) is 37.5 Å². The Morgan fingerprint density at radius 3 is 2.26 bits per heavy atom. The third kappa shape index (κ3) is 5.17. The highest BCUT2D eigenvalue weighted by atomic mass is 16.5. The minimum absolute atomic E-state index is 0.0118. The number of benzene rings is 2. The van der Waals surface area contributed by atoms with Crippen LogP contribution < -0.4 is 14.2 Å². The number of ketones is 1. The van der Waals surface area contributed by atoms with Gasteiger partial charge in [0.1, 0.15) is 23.0 Å². The van der Waals surface area contributed by atoms with Crippen LogP contribution in [0.1, 0.15) is 37.4 Å². The molecule has 182 valence electrons. The molecule has 8 heteroatoms. The molecule has 1 atom stereocenters. The summed E-state index contributed by atoms with van der Waals surface area (Å²) >= 11 is 0. The second-order valence-corrected chi connectivity index (χ2v) is 7.64. The predicted octanol–water partition coefficient (Wildman–Crippen LogP) is 3.95. The maximum absolute atomic E-state index is 13.2.